The second kappa shape index (κ2) is 4.39. The molecule has 84 valence electrons. The van der Waals surface area contributed by atoms with Gasteiger partial charge in [0.2, 0.25) is 11.8 Å². The number of nitrogens with zero attached hydrogens (tertiary/aromatic N) is 2. The summed E-state index contributed by atoms with van der Waals surface area (Å²) < 4.78 is 18.4. The summed E-state index contributed by atoms with van der Waals surface area (Å²) >= 11 is 11.6. The number of aromatic nitrogens is 2. The van der Waals surface area contributed by atoms with Crippen LogP contribution in [0.25, 0.3) is 11.5 Å². The fraction of sp³-hybridized carbons (Fsp3) is 0.200. The van der Waals surface area contributed by atoms with Gasteiger partial charge in [0.25, 0.3) is 0 Å². The summed E-state index contributed by atoms with van der Waals surface area (Å²) in [5.41, 5.74) is 0.359. The molecule has 2 aromatic rings. The van der Waals surface area contributed by atoms with E-state index in [1.54, 1.807) is 13.0 Å². The number of halogens is 3. The smallest absolute Gasteiger partial charge is 0.249 e. The normalized spacial score (nSPS) is 12.8. The Morgan fingerprint density at radius 2 is 2.12 bits per heavy atom. The Morgan fingerprint density at radius 1 is 1.38 bits per heavy atom. The average Bonchev–Trinajstić information content (AvgIpc) is 2.71. The molecule has 16 heavy (non-hydrogen) atoms. The van der Waals surface area contributed by atoms with Gasteiger partial charge in [-0.15, -0.1) is 21.8 Å². The summed E-state index contributed by atoms with van der Waals surface area (Å²) in [6.45, 7) is 1.70. The molecule has 0 N–H and O–H groups in total. The molecule has 0 fully saturated rings. The molecule has 0 aliphatic carbocycles. The standard InChI is InChI=1S/C10H7Cl2FN2O/c1-5(11)9-14-15-10(16-9)6-3-2-4-7(13)8(6)12/h2-5H,1H3. The van der Waals surface area contributed by atoms with Crippen LogP contribution in [0.3, 0.4) is 0 Å². The minimum atomic E-state index is -0.530. The van der Waals surface area contributed by atoms with E-state index in [0.717, 1.165) is 0 Å². The van der Waals surface area contributed by atoms with E-state index in [-0.39, 0.29) is 16.8 Å². The second-order valence-corrected chi connectivity index (χ2v) is 4.20. The van der Waals surface area contributed by atoms with Crippen molar-refractivity contribution in [2.24, 2.45) is 0 Å². The van der Waals surface area contributed by atoms with E-state index in [4.69, 9.17) is 27.6 Å². The number of hydrogen-bond acceptors (Lipinski definition) is 3. The molecule has 0 saturated carbocycles. The highest BCUT2D eigenvalue weighted by molar-refractivity contribution is 6.33. The van der Waals surface area contributed by atoms with Crippen molar-refractivity contribution in [3.63, 3.8) is 0 Å². The number of alkyl halides is 1. The van der Waals surface area contributed by atoms with E-state index in [1.807, 2.05) is 0 Å². The first-order chi connectivity index (χ1) is 7.59. The molecule has 3 nitrogen and oxygen atoms in total. The predicted molar refractivity (Wildman–Crippen MR) is 59.0 cm³/mol. The van der Waals surface area contributed by atoms with E-state index in [1.165, 1.54) is 12.1 Å². The fourth-order valence-corrected chi connectivity index (χ4v) is 1.47. The van der Waals surface area contributed by atoms with Crippen LogP contribution >= 0.6 is 23.2 Å². The van der Waals surface area contributed by atoms with Crippen LogP contribution in [0, 0.1) is 5.82 Å². The zero-order valence-electron chi connectivity index (χ0n) is 8.25. The molecule has 1 heterocycles. The maximum absolute atomic E-state index is 13.2. The molecular formula is C10H7Cl2FN2O. The van der Waals surface area contributed by atoms with Gasteiger partial charge in [0, 0.05) is 0 Å². The summed E-state index contributed by atoms with van der Waals surface area (Å²) in [5.74, 6) is -0.0955. The number of benzene rings is 1. The van der Waals surface area contributed by atoms with Gasteiger partial charge in [0.15, 0.2) is 0 Å². The molecule has 1 unspecified atom stereocenters. The number of hydrogen-bond donors (Lipinski definition) is 0. The van der Waals surface area contributed by atoms with Crippen LogP contribution in [0.15, 0.2) is 22.6 Å². The third kappa shape index (κ3) is 2.03. The lowest BCUT2D eigenvalue weighted by atomic mass is 10.2. The third-order valence-electron chi connectivity index (χ3n) is 1.96. The van der Waals surface area contributed by atoms with Gasteiger partial charge in [-0.2, -0.15) is 0 Å². The Labute approximate surface area is 101 Å². The van der Waals surface area contributed by atoms with Gasteiger partial charge in [0.05, 0.1) is 10.6 Å². The first-order valence-electron chi connectivity index (χ1n) is 4.51. The van der Waals surface area contributed by atoms with E-state index >= 15 is 0 Å². The van der Waals surface area contributed by atoms with Gasteiger partial charge in [-0.3, -0.25) is 0 Å². The van der Waals surface area contributed by atoms with Crippen molar-refractivity contribution in [1.29, 1.82) is 0 Å². The quantitative estimate of drug-likeness (QED) is 0.771. The van der Waals surface area contributed by atoms with Crippen molar-refractivity contribution in [1.82, 2.24) is 10.2 Å². The van der Waals surface area contributed by atoms with Crippen molar-refractivity contribution >= 4 is 23.2 Å². The van der Waals surface area contributed by atoms with E-state index in [0.29, 0.717) is 5.56 Å². The summed E-state index contributed by atoms with van der Waals surface area (Å²) in [6.07, 6.45) is 0. The van der Waals surface area contributed by atoms with Crippen LogP contribution in [0.4, 0.5) is 4.39 Å². The second-order valence-electron chi connectivity index (χ2n) is 3.16. The molecule has 0 aliphatic heterocycles. The molecule has 2 rings (SSSR count). The number of rotatable bonds is 2. The highest BCUT2D eigenvalue weighted by atomic mass is 35.5. The Balaban J connectivity index is 2.47. The summed E-state index contributed by atoms with van der Waals surface area (Å²) in [7, 11) is 0. The van der Waals surface area contributed by atoms with Crippen LogP contribution in [-0.2, 0) is 0 Å². The maximum Gasteiger partial charge on any atom is 0.249 e. The summed E-state index contributed by atoms with van der Waals surface area (Å²) in [5, 5.41) is 7.05. The first kappa shape index (κ1) is 11.4. The van der Waals surface area contributed by atoms with Crippen LogP contribution in [0.2, 0.25) is 5.02 Å². The molecule has 0 bridgehead atoms. The van der Waals surface area contributed by atoms with E-state index in [2.05, 4.69) is 10.2 Å². The van der Waals surface area contributed by atoms with Gasteiger partial charge in [0.1, 0.15) is 11.2 Å². The monoisotopic (exact) mass is 260 g/mol. The molecule has 0 radical (unpaired) electrons. The molecule has 0 amide bonds. The van der Waals surface area contributed by atoms with Crippen LogP contribution in [0.5, 0.6) is 0 Å². The lowest BCUT2D eigenvalue weighted by Gasteiger charge is -1.99. The lowest BCUT2D eigenvalue weighted by Crippen LogP contribution is -1.83. The van der Waals surface area contributed by atoms with Crippen LogP contribution in [0.1, 0.15) is 18.2 Å². The largest absolute Gasteiger partial charge is 0.419 e. The van der Waals surface area contributed by atoms with Gasteiger partial charge in [-0.05, 0) is 19.1 Å². The average molecular weight is 261 g/mol. The molecule has 1 aromatic carbocycles. The van der Waals surface area contributed by atoms with Crippen molar-refractivity contribution < 1.29 is 8.81 Å². The molecule has 1 atom stereocenters. The molecule has 1 aromatic heterocycles. The summed E-state index contributed by atoms with van der Waals surface area (Å²) in [6, 6.07) is 4.37. The molecule has 0 aliphatic rings. The highest BCUT2D eigenvalue weighted by Gasteiger charge is 2.16. The van der Waals surface area contributed by atoms with Gasteiger partial charge in [-0.25, -0.2) is 4.39 Å². The molecule has 0 saturated heterocycles. The van der Waals surface area contributed by atoms with Gasteiger partial charge < -0.3 is 4.42 Å². The van der Waals surface area contributed by atoms with Crippen molar-refractivity contribution in [3.05, 3.63) is 34.9 Å². The van der Waals surface area contributed by atoms with Crippen LogP contribution < -0.4 is 0 Å². The van der Waals surface area contributed by atoms with Crippen molar-refractivity contribution in [2.45, 2.75) is 12.3 Å². The van der Waals surface area contributed by atoms with Crippen LogP contribution in [-0.4, -0.2) is 10.2 Å². The summed E-state index contributed by atoms with van der Waals surface area (Å²) in [4.78, 5) is 0. The van der Waals surface area contributed by atoms with Gasteiger partial charge >= 0.3 is 0 Å². The Bertz CT molecular complexity index is 513. The third-order valence-corrected chi connectivity index (χ3v) is 2.53. The first-order valence-corrected chi connectivity index (χ1v) is 5.33. The molecule has 0 spiro atoms. The minimum Gasteiger partial charge on any atom is -0.419 e. The zero-order valence-corrected chi connectivity index (χ0v) is 9.76. The topological polar surface area (TPSA) is 38.9 Å². The molecule has 6 heteroatoms. The van der Waals surface area contributed by atoms with Crippen molar-refractivity contribution in [2.75, 3.05) is 0 Å². The Kier molecular flexibility index (Phi) is 3.12. The van der Waals surface area contributed by atoms with Gasteiger partial charge in [-0.1, -0.05) is 17.7 Å². The minimum absolute atomic E-state index is 0.0417. The SMILES string of the molecule is CC(Cl)c1nnc(-c2cccc(F)c2Cl)o1. The lowest BCUT2D eigenvalue weighted by molar-refractivity contribution is 0.506. The predicted octanol–water partition coefficient (Wildman–Crippen LogP) is 3.83. The Hall–Kier alpha value is -1.13. The fourth-order valence-electron chi connectivity index (χ4n) is 1.17. The highest BCUT2D eigenvalue weighted by Crippen LogP contribution is 2.30. The Morgan fingerprint density at radius 3 is 2.75 bits per heavy atom. The zero-order chi connectivity index (χ0) is 11.7. The van der Waals surface area contributed by atoms with E-state index in [9.17, 15) is 4.39 Å². The van der Waals surface area contributed by atoms with Crippen molar-refractivity contribution in [3.8, 4) is 11.5 Å². The molecular weight excluding hydrogens is 254 g/mol. The maximum atomic E-state index is 13.2. The van der Waals surface area contributed by atoms with E-state index < -0.39 is 11.2 Å².